The minimum atomic E-state index is 0.850. The fraction of sp³-hybridized carbons (Fsp3) is 0.750. The summed E-state index contributed by atoms with van der Waals surface area (Å²) in [6, 6.07) is 0. The lowest BCUT2D eigenvalue weighted by Crippen LogP contribution is -2.18. The quantitative estimate of drug-likeness (QED) is 0.826. The molecular formula is C12H21N3. The summed E-state index contributed by atoms with van der Waals surface area (Å²) in [6.45, 7) is 3.50. The number of aromatic nitrogens is 2. The summed E-state index contributed by atoms with van der Waals surface area (Å²) in [5.74, 6) is 2.78. The highest BCUT2D eigenvalue weighted by molar-refractivity contribution is 5.24. The summed E-state index contributed by atoms with van der Waals surface area (Å²) in [6.07, 6.45) is 9.49. The molecule has 3 nitrogen and oxygen atoms in total. The number of nitrogens with one attached hydrogen (secondary N) is 1. The Labute approximate surface area is 91.9 Å². The second-order valence-corrected chi connectivity index (χ2v) is 4.78. The lowest BCUT2D eigenvalue weighted by molar-refractivity contribution is 0.265. The minimum Gasteiger partial charge on any atom is -0.359 e. The van der Waals surface area contributed by atoms with Gasteiger partial charge in [0.25, 0.3) is 0 Å². The number of rotatable bonds is 3. The molecule has 0 saturated heterocycles. The van der Waals surface area contributed by atoms with Crippen molar-refractivity contribution in [1.82, 2.24) is 9.55 Å². The zero-order chi connectivity index (χ0) is 10.7. The number of hydrogen-bond donors (Lipinski definition) is 1. The van der Waals surface area contributed by atoms with Crippen molar-refractivity contribution in [1.29, 1.82) is 0 Å². The van der Waals surface area contributed by atoms with Crippen LogP contribution in [-0.2, 0) is 6.54 Å². The largest absolute Gasteiger partial charge is 0.359 e. The van der Waals surface area contributed by atoms with E-state index in [1.165, 1.54) is 25.7 Å². The van der Waals surface area contributed by atoms with Gasteiger partial charge in [0.1, 0.15) is 0 Å². The molecule has 1 saturated carbocycles. The molecule has 1 aliphatic rings. The Morgan fingerprint density at radius 2 is 2.13 bits per heavy atom. The van der Waals surface area contributed by atoms with E-state index in [0.29, 0.717) is 0 Å². The summed E-state index contributed by atoms with van der Waals surface area (Å²) in [5, 5.41) is 3.13. The number of nitrogens with zero attached hydrogens (tertiary/aromatic N) is 2. The topological polar surface area (TPSA) is 29.9 Å². The molecule has 0 aliphatic heterocycles. The average Bonchev–Trinajstić information content (AvgIpc) is 2.69. The van der Waals surface area contributed by atoms with Gasteiger partial charge in [-0.3, -0.25) is 0 Å². The van der Waals surface area contributed by atoms with Crippen molar-refractivity contribution in [3.8, 4) is 0 Å². The molecule has 1 aromatic rings. The van der Waals surface area contributed by atoms with Gasteiger partial charge in [-0.2, -0.15) is 0 Å². The van der Waals surface area contributed by atoms with Crippen LogP contribution in [0.5, 0.6) is 0 Å². The number of hydrogen-bond acceptors (Lipinski definition) is 2. The van der Waals surface area contributed by atoms with E-state index in [1.807, 2.05) is 13.2 Å². The van der Waals surface area contributed by atoms with E-state index < -0.39 is 0 Å². The van der Waals surface area contributed by atoms with Gasteiger partial charge in [-0.25, -0.2) is 4.98 Å². The summed E-state index contributed by atoms with van der Waals surface area (Å²) in [5.41, 5.74) is 0. The van der Waals surface area contributed by atoms with Crippen molar-refractivity contribution in [3.63, 3.8) is 0 Å². The van der Waals surface area contributed by atoms with E-state index in [9.17, 15) is 0 Å². The van der Waals surface area contributed by atoms with Crippen LogP contribution in [0.4, 0.5) is 5.95 Å². The van der Waals surface area contributed by atoms with Crippen LogP contribution >= 0.6 is 0 Å². The second-order valence-electron chi connectivity index (χ2n) is 4.78. The van der Waals surface area contributed by atoms with Crippen molar-refractivity contribution in [3.05, 3.63) is 12.4 Å². The molecule has 1 heterocycles. The van der Waals surface area contributed by atoms with E-state index in [2.05, 4.69) is 28.0 Å². The molecule has 0 spiro atoms. The van der Waals surface area contributed by atoms with Crippen LogP contribution < -0.4 is 5.32 Å². The fourth-order valence-electron chi connectivity index (χ4n) is 2.47. The molecule has 1 fully saturated rings. The fourth-order valence-corrected chi connectivity index (χ4v) is 2.47. The molecule has 15 heavy (non-hydrogen) atoms. The van der Waals surface area contributed by atoms with Gasteiger partial charge in [0.2, 0.25) is 5.95 Å². The molecule has 0 amide bonds. The Morgan fingerprint density at radius 1 is 1.40 bits per heavy atom. The van der Waals surface area contributed by atoms with E-state index in [4.69, 9.17) is 0 Å². The van der Waals surface area contributed by atoms with Crippen molar-refractivity contribution >= 4 is 5.95 Å². The highest BCUT2D eigenvalue weighted by atomic mass is 15.2. The standard InChI is InChI=1S/C12H21N3/c1-10-3-5-11(6-4-10)9-15-8-7-14-12(15)13-2/h7-8,10-11H,3-6,9H2,1-2H3,(H,13,14). The first kappa shape index (κ1) is 10.5. The van der Waals surface area contributed by atoms with Gasteiger partial charge in [-0.15, -0.1) is 0 Å². The molecule has 3 heteroatoms. The van der Waals surface area contributed by atoms with Crippen molar-refractivity contribution in [2.45, 2.75) is 39.2 Å². The molecule has 0 radical (unpaired) electrons. The number of imidazole rings is 1. The van der Waals surface area contributed by atoms with Gasteiger partial charge >= 0.3 is 0 Å². The Kier molecular flexibility index (Phi) is 3.29. The summed E-state index contributed by atoms with van der Waals surface area (Å²) in [4.78, 5) is 4.27. The SMILES string of the molecule is CNc1nccn1CC1CCC(C)CC1. The minimum absolute atomic E-state index is 0.850. The predicted molar refractivity (Wildman–Crippen MR) is 62.9 cm³/mol. The van der Waals surface area contributed by atoms with Crippen molar-refractivity contribution in [2.75, 3.05) is 12.4 Å². The third-order valence-electron chi connectivity index (χ3n) is 3.53. The predicted octanol–water partition coefficient (Wildman–Crippen LogP) is 2.75. The van der Waals surface area contributed by atoms with Gasteiger partial charge in [0.05, 0.1) is 0 Å². The maximum Gasteiger partial charge on any atom is 0.202 e. The van der Waals surface area contributed by atoms with Crippen LogP contribution in [0.3, 0.4) is 0 Å². The van der Waals surface area contributed by atoms with Gasteiger partial charge in [-0.05, 0) is 24.7 Å². The third kappa shape index (κ3) is 2.52. The van der Waals surface area contributed by atoms with Crippen LogP contribution in [0.1, 0.15) is 32.6 Å². The van der Waals surface area contributed by atoms with Gasteiger partial charge < -0.3 is 9.88 Å². The van der Waals surface area contributed by atoms with Gasteiger partial charge in [0.15, 0.2) is 0 Å². The lowest BCUT2D eigenvalue weighted by atomic mass is 9.83. The highest BCUT2D eigenvalue weighted by Gasteiger charge is 2.19. The Bertz CT molecular complexity index is 298. The van der Waals surface area contributed by atoms with E-state index >= 15 is 0 Å². The Hall–Kier alpha value is -0.990. The maximum atomic E-state index is 4.27. The van der Waals surface area contributed by atoms with Crippen molar-refractivity contribution in [2.24, 2.45) is 11.8 Å². The molecular weight excluding hydrogens is 186 g/mol. The second kappa shape index (κ2) is 4.69. The Morgan fingerprint density at radius 3 is 2.80 bits per heavy atom. The normalized spacial score (nSPS) is 26.5. The molecule has 1 N–H and O–H groups in total. The van der Waals surface area contributed by atoms with Crippen LogP contribution in [-0.4, -0.2) is 16.6 Å². The lowest BCUT2D eigenvalue weighted by Gasteiger charge is -2.26. The van der Waals surface area contributed by atoms with E-state index in [-0.39, 0.29) is 0 Å². The molecule has 0 unspecified atom stereocenters. The van der Waals surface area contributed by atoms with Crippen LogP contribution in [0.2, 0.25) is 0 Å². The monoisotopic (exact) mass is 207 g/mol. The smallest absolute Gasteiger partial charge is 0.202 e. The van der Waals surface area contributed by atoms with E-state index in [1.54, 1.807) is 0 Å². The Balaban J connectivity index is 1.91. The first-order chi connectivity index (χ1) is 7.29. The molecule has 0 atom stereocenters. The third-order valence-corrected chi connectivity index (χ3v) is 3.53. The summed E-state index contributed by atoms with van der Waals surface area (Å²) < 4.78 is 2.24. The molecule has 84 valence electrons. The van der Waals surface area contributed by atoms with Crippen LogP contribution in [0, 0.1) is 11.8 Å². The zero-order valence-electron chi connectivity index (χ0n) is 9.74. The first-order valence-electron chi connectivity index (χ1n) is 5.98. The average molecular weight is 207 g/mol. The first-order valence-corrected chi connectivity index (χ1v) is 5.98. The van der Waals surface area contributed by atoms with E-state index in [0.717, 1.165) is 24.3 Å². The zero-order valence-corrected chi connectivity index (χ0v) is 9.74. The molecule has 0 aromatic carbocycles. The van der Waals surface area contributed by atoms with Crippen LogP contribution in [0.25, 0.3) is 0 Å². The van der Waals surface area contributed by atoms with Gasteiger partial charge in [-0.1, -0.05) is 19.8 Å². The molecule has 0 bridgehead atoms. The highest BCUT2D eigenvalue weighted by Crippen LogP contribution is 2.29. The maximum absolute atomic E-state index is 4.27. The molecule has 1 aromatic heterocycles. The molecule has 1 aliphatic carbocycles. The van der Waals surface area contributed by atoms with Crippen molar-refractivity contribution < 1.29 is 0 Å². The molecule has 2 rings (SSSR count). The summed E-state index contributed by atoms with van der Waals surface area (Å²) in [7, 11) is 1.93. The van der Waals surface area contributed by atoms with Gasteiger partial charge in [0, 0.05) is 26.0 Å². The van der Waals surface area contributed by atoms with Crippen LogP contribution in [0.15, 0.2) is 12.4 Å². The summed E-state index contributed by atoms with van der Waals surface area (Å²) >= 11 is 0. The number of anilines is 1.